The van der Waals surface area contributed by atoms with Crippen LogP contribution in [0.3, 0.4) is 0 Å². The molecule has 1 aliphatic rings. The predicted octanol–water partition coefficient (Wildman–Crippen LogP) is 3.38. The minimum atomic E-state index is -3.45. The quantitative estimate of drug-likeness (QED) is 0.737. The lowest BCUT2D eigenvalue weighted by atomic mass is 9.86. The van der Waals surface area contributed by atoms with E-state index in [9.17, 15) is 8.42 Å². The Balaban J connectivity index is 1.98. The molecule has 2 atom stereocenters. The van der Waals surface area contributed by atoms with Crippen molar-refractivity contribution in [1.29, 1.82) is 0 Å². The molecule has 0 radical (unpaired) electrons. The fraction of sp³-hybridized carbons (Fsp3) is 0.429. The number of benzene rings is 2. The summed E-state index contributed by atoms with van der Waals surface area (Å²) >= 11 is 0. The monoisotopic (exact) mass is 405 g/mol. The van der Waals surface area contributed by atoms with Crippen LogP contribution in [0.1, 0.15) is 31.0 Å². The van der Waals surface area contributed by atoms with Gasteiger partial charge in [-0.05, 0) is 37.6 Å². The SMILES string of the molecule is COC1C(N(C)S(C)(=O)=O)c2cc(OCc3ccccc3)ccc2OC1(C)C. The number of hydrogen-bond donors (Lipinski definition) is 0. The highest BCUT2D eigenvalue weighted by atomic mass is 32.2. The Morgan fingerprint density at radius 2 is 1.82 bits per heavy atom. The molecule has 3 rings (SSSR count). The average Bonchev–Trinajstić information content (AvgIpc) is 2.64. The van der Waals surface area contributed by atoms with E-state index in [1.807, 2.05) is 62.4 Å². The minimum Gasteiger partial charge on any atom is -0.489 e. The number of nitrogens with zero attached hydrogens (tertiary/aromatic N) is 1. The summed E-state index contributed by atoms with van der Waals surface area (Å²) in [5.41, 5.74) is 1.08. The molecule has 28 heavy (non-hydrogen) atoms. The number of rotatable bonds is 6. The number of fused-ring (bicyclic) bond motifs is 1. The van der Waals surface area contributed by atoms with Gasteiger partial charge in [-0.3, -0.25) is 0 Å². The zero-order valence-corrected chi connectivity index (χ0v) is 17.7. The van der Waals surface area contributed by atoms with Crippen LogP contribution in [0, 0.1) is 0 Å². The molecule has 0 aromatic heterocycles. The summed E-state index contributed by atoms with van der Waals surface area (Å²) in [4.78, 5) is 0. The van der Waals surface area contributed by atoms with Crippen LogP contribution < -0.4 is 9.47 Å². The summed E-state index contributed by atoms with van der Waals surface area (Å²) in [5, 5.41) is 0. The van der Waals surface area contributed by atoms with Crippen LogP contribution in [0.4, 0.5) is 0 Å². The summed E-state index contributed by atoms with van der Waals surface area (Å²) in [6.07, 6.45) is 0.710. The van der Waals surface area contributed by atoms with Crippen molar-refractivity contribution in [2.24, 2.45) is 0 Å². The highest BCUT2D eigenvalue weighted by Crippen LogP contribution is 2.45. The standard InChI is InChI=1S/C21H27NO5S/c1-21(2)20(25-4)19(22(3)28(5,23)24)17-13-16(11-12-18(17)27-21)26-14-15-9-7-6-8-10-15/h6-13,19-20H,14H2,1-5H3. The molecule has 6 nitrogen and oxygen atoms in total. The largest absolute Gasteiger partial charge is 0.489 e. The van der Waals surface area contributed by atoms with Crippen LogP contribution in [-0.4, -0.2) is 44.8 Å². The number of hydrogen-bond acceptors (Lipinski definition) is 5. The first-order valence-electron chi connectivity index (χ1n) is 9.09. The summed E-state index contributed by atoms with van der Waals surface area (Å²) in [6, 6.07) is 14.8. The Morgan fingerprint density at radius 1 is 1.14 bits per heavy atom. The summed E-state index contributed by atoms with van der Waals surface area (Å²) < 4.78 is 43.7. The fourth-order valence-electron chi connectivity index (χ4n) is 3.57. The van der Waals surface area contributed by atoms with E-state index in [1.54, 1.807) is 14.2 Å². The van der Waals surface area contributed by atoms with Crippen molar-refractivity contribution < 1.29 is 22.6 Å². The Kier molecular flexibility index (Phi) is 5.70. The van der Waals surface area contributed by atoms with Gasteiger partial charge in [-0.1, -0.05) is 30.3 Å². The van der Waals surface area contributed by atoms with Gasteiger partial charge in [0.15, 0.2) is 0 Å². The third-order valence-electron chi connectivity index (χ3n) is 5.06. The van der Waals surface area contributed by atoms with E-state index >= 15 is 0 Å². The second-order valence-electron chi connectivity index (χ2n) is 7.56. The van der Waals surface area contributed by atoms with E-state index in [0.29, 0.717) is 18.1 Å². The molecule has 0 amide bonds. The maximum Gasteiger partial charge on any atom is 0.211 e. The van der Waals surface area contributed by atoms with Crippen LogP contribution in [0.2, 0.25) is 0 Å². The van der Waals surface area contributed by atoms with Gasteiger partial charge in [0, 0.05) is 19.7 Å². The van der Waals surface area contributed by atoms with E-state index in [1.165, 1.54) is 10.6 Å². The highest BCUT2D eigenvalue weighted by Gasteiger charge is 2.48. The molecule has 7 heteroatoms. The van der Waals surface area contributed by atoms with Crippen LogP contribution in [-0.2, 0) is 21.4 Å². The molecule has 2 unspecified atom stereocenters. The lowest BCUT2D eigenvalue weighted by Gasteiger charge is -2.46. The van der Waals surface area contributed by atoms with E-state index < -0.39 is 27.8 Å². The Bertz CT molecular complexity index is 927. The Labute approximate surface area is 167 Å². The third-order valence-corrected chi connectivity index (χ3v) is 6.34. The van der Waals surface area contributed by atoms with Crippen molar-refractivity contribution in [3.63, 3.8) is 0 Å². The first-order valence-corrected chi connectivity index (χ1v) is 10.9. The zero-order chi connectivity index (χ0) is 20.5. The molecule has 152 valence electrons. The second kappa shape index (κ2) is 7.73. The van der Waals surface area contributed by atoms with E-state index in [4.69, 9.17) is 14.2 Å². The number of sulfonamides is 1. The van der Waals surface area contributed by atoms with Gasteiger partial charge in [-0.15, -0.1) is 0 Å². The lowest BCUT2D eigenvalue weighted by Crippen LogP contribution is -2.54. The van der Waals surface area contributed by atoms with Crippen molar-refractivity contribution in [1.82, 2.24) is 4.31 Å². The maximum atomic E-state index is 12.3. The molecule has 0 fully saturated rings. The van der Waals surface area contributed by atoms with Gasteiger partial charge in [0.25, 0.3) is 0 Å². The van der Waals surface area contributed by atoms with Crippen molar-refractivity contribution in [2.75, 3.05) is 20.4 Å². The van der Waals surface area contributed by atoms with Crippen LogP contribution in [0.15, 0.2) is 48.5 Å². The van der Waals surface area contributed by atoms with Crippen LogP contribution in [0.25, 0.3) is 0 Å². The summed E-state index contributed by atoms with van der Waals surface area (Å²) in [5.74, 6) is 1.28. The van der Waals surface area contributed by atoms with Gasteiger partial charge in [0.2, 0.25) is 10.0 Å². The van der Waals surface area contributed by atoms with Crippen LogP contribution >= 0.6 is 0 Å². The first-order chi connectivity index (χ1) is 13.1. The van der Waals surface area contributed by atoms with Gasteiger partial charge < -0.3 is 14.2 Å². The molecule has 2 aromatic carbocycles. The molecule has 1 aliphatic heterocycles. The maximum absolute atomic E-state index is 12.3. The van der Waals surface area contributed by atoms with Gasteiger partial charge in [-0.25, -0.2) is 8.42 Å². The molecule has 0 aliphatic carbocycles. The van der Waals surface area contributed by atoms with Gasteiger partial charge in [-0.2, -0.15) is 4.31 Å². The molecule has 0 spiro atoms. The van der Waals surface area contributed by atoms with Gasteiger partial charge in [0.05, 0.1) is 12.3 Å². The molecule has 2 aromatic rings. The van der Waals surface area contributed by atoms with Crippen molar-refractivity contribution in [3.8, 4) is 11.5 Å². The van der Waals surface area contributed by atoms with E-state index in [-0.39, 0.29) is 0 Å². The topological polar surface area (TPSA) is 65.1 Å². The molecule has 0 bridgehead atoms. The molecular weight excluding hydrogens is 378 g/mol. The smallest absolute Gasteiger partial charge is 0.211 e. The average molecular weight is 406 g/mol. The summed E-state index contributed by atoms with van der Waals surface area (Å²) in [7, 11) is -0.316. The normalized spacial score (nSPS) is 21.1. The molecule has 0 saturated heterocycles. The van der Waals surface area contributed by atoms with Gasteiger partial charge >= 0.3 is 0 Å². The highest BCUT2D eigenvalue weighted by molar-refractivity contribution is 7.88. The molecule has 0 saturated carbocycles. The summed E-state index contributed by atoms with van der Waals surface area (Å²) in [6.45, 7) is 4.21. The van der Waals surface area contributed by atoms with Crippen LogP contribution in [0.5, 0.6) is 11.5 Å². The van der Waals surface area contributed by atoms with Crippen molar-refractivity contribution in [2.45, 2.75) is 38.2 Å². The minimum absolute atomic E-state index is 0.423. The third kappa shape index (κ3) is 4.16. The zero-order valence-electron chi connectivity index (χ0n) is 16.9. The number of methoxy groups -OCH3 is 1. The molecular formula is C21H27NO5S. The number of likely N-dealkylation sites (N-methyl/N-ethyl adjacent to an activating group) is 1. The number of ether oxygens (including phenoxy) is 3. The first kappa shape index (κ1) is 20.6. The Morgan fingerprint density at radius 3 is 2.43 bits per heavy atom. The van der Waals surface area contributed by atoms with E-state index in [0.717, 1.165) is 11.1 Å². The fourth-order valence-corrected chi connectivity index (χ4v) is 4.21. The molecule has 0 N–H and O–H groups in total. The second-order valence-corrected chi connectivity index (χ2v) is 9.60. The predicted molar refractivity (Wildman–Crippen MR) is 108 cm³/mol. The van der Waals surface area contributed by atoms with Crippen molar-refractivity contribution in [3.05, 3.63) is 59.7 Å². The van der Waals surface area contributed by atoms with E-state index in [2.05, 4.69) is 0 Å². The van der Waals surface area contributed by atoms with Gasteiger partial charge in [0.1, 0.15) is 29.8 Å². The van der Waals surface area contributed by atoms with Crippen molar-refractivity contribution >= 4 is 10.0 Å². The molecule has 1 heterocycles. The lowest BCUT2D eigenvalue weighted by molar-refractivity contribution is -0.0972. The Hall–Kier alpha value is -2.09.